The smallest absolute Gasteiger partial charge is 0.312 e. The first-order chi connectivity index (χ1) is 11.6. The normalized spacial score (nSPS) is 27.1. The minimum atomic E-state index is -3.83. The zero-order chi connectivity index (χ0) is 18.5. The Kier molecular flexibility index (Phi) is 4.28. The molecule has 0 bridgehead atoms. The molecule has 0 saturated carbocycles. The van der Waals surface area contributed by atoms with Gasteiger partial charge in [-0.05, 0) is 0 Å². The molecule has 25 heavy (non-hydrogen) atoms. The number of aromatic nitrogens is 4. The van der Waals surface area contributed by atoms with Crippen molar-refractivity contribution in [2.75, 3.05) is 17.5 Å². The lowest BCUT2D eigenvalue weighted by atomic mass is 10.1. The molecule has 0 spiro atoms. The fraction of sp³-hybridized carbons (Fsp3) is 0.500. The van der Waals surface area contributed by atoms with Crippen molar-refractivity contribution in [2.45, 2.75) is 24.5 Å². The third kappa shape index (κ3) is 3.00. The van der Waals surface area contributed by atoms with E-state index in [0.717, 1.165) is 6.33 Å². The first-order valence-corrected chi connectivity index (χ1v) is 8.81. The number of fused-ring (bicyclic) bond motifs is 1. The van der Waals surface area contributed by atoms with Crippen molar-refractivity contribution < 1.29 is 24.6 Å². The number of ether oxygens (including phenoxy) is 1. The lowest BCUT2D eigenvalue weighted by Gasteiger charge is -2.17. The molecular formula is C10H17N8O6P. The van der Waals surface area contributed by atoms with Crippen molar-refractivity contribution >= 4 is 24.7 Å². The van der Waals surface area contributed by atoms with Crippen LogP contribution in [0.15, 0.2) is 11.1 Å². The molecule has 1 aliphatic heterocycles. The fourth-order valence-corrected chi connectivity index (χ4v) is 3.04. The van der Waals surface area contributed by atoms with Crippen LogP contribution in [0.25, 0.3) is 11.2 Å². The number of anilines is 1. The highest BCUT2D eigenvalue weighted by Gasteiger charge is 2.44. The lowest BCUT2D eigenvalue weighted by Crippen LogP contribution is -2.35. The van der Waals surface area contributed by atoms with Gasteiger partial charge in [-0.3, -0.25) is 24.9 Å². The molecule has 3 heterocycles. The Morgan fingerprint density at radius 3 is 2.60 bits per heavy atom. The van der Waals surface area contributed by atoms with Gasteiger partial charge in [0.2, 0.25) is 5.95 Å². The maximum Gasteiger partial charge on any atom is 0.312 e. The molecule has 4 atom stereocenters. The van der Waals surface area contributed by atoms with Crippen LogP contribution in [0.1, 0.15) is 6.23 Å². The molecule has 1 aliphatic rings. The Morgan fingerprint density at radius 2 is 2.04 bits per heavy atom. The van der Waals surface area contributed by atoms with Gasteiger partial charge >= 0.3 is 13.2 Å². The number of nitrogen functional groups attached to an aromatic ring is 1. The molecule has 2 unspecified atom stereocenters. The van der Waals surface area contributed by atoms with E-state index in [4.69, 9.17) is 26.6 Å². The minimum absolute atomic E-state index is 0.0562. The Bertz CT molecular complexity index is 907. The number of imidazole rings is 1. The highest BCUT2D eigenvalue weighted by atomic mass is 31.2. The van der Waals surface area contributed by atoms with Crippen molar-refractivity contribution in [2.24, 2.45) is 11.0 Å². The monoisotopic (exact) mass is 376 g/mol. The number of hydrogen-bond donors (Lipinski definition) is 7. The minimum Gasteiger partial charge on any atom is -0.394 e. The largest absolute Gasteiger partial charge is 0.394 e. The third-order valence-corrected chi connectivity index (χ3v) is 4.18. The summed E-state index contributed by atoms with van der Waals surface area (Å²) >= 11 is 0. The topological polar surface area (TPSA) is 230 Å². The maximum absolute atomic E-state index is 12.4. The molecule has 3 rings (SSSR count). The van der Waals surface area contributed by atoms with Crippen LogP contribution in [-0.2, 0) is 9.30 Å². The van der Waals surface area contributed by atoms with Crippen molar-refractivity contribution in [3.05, 3.63) is 16.7 Å². The van der Waals surface area contributed by atoms with E-state index in [2.05, 4.69) is 9.97 Å². The van der Waals surface area contributed by atoms with Gasteiger partial charge in [0, 0.05) is 0 Å². The molecule has 2 aromatic heterocycles. The number of nitrogens with one attached hydrogen (secondary N) is 1. The summed E-state index contributed by atoms with van der Waals surface area (Å²) in [6, 6.07) is 0. The maximum atomic E-state index is 12.4. The molecule has 0 aliphatic carbocycles. The molecule has 1 saturated heterocycles. The van der Waals surface area contributed by atoms with Crippen molar-refractivity contribution in [1.82, 2.24) is 19.2 Å². The number of aliphatic hydroxyl groups excluding tert-OH is 3. The lowest BCUT2D eigenvalue weighted by molar-refractivity contribution is -0.0511. The molecular weight excluding hydrogens is 359 g/mol. The second-order valence-electron chi connectivity index (χ2n) is 5.47. The molecule has 10 N–H and O–H groups in total. The number of nitrogens with two attached hydrogens (primary N) is 3. The van der Waals surface area contributed by atoms with Crippen molar-refractivity contribution in [3.8, 4) is 0 Å². The van der Waals surface area contributed by atoms with E-state index in [1.54, 1.807) is 0 Å². The number of aliphatic hydroxyl groups is 3. The summed E-state index contributed by atoms with van der Waals surface area (Å²) in [5.74, 6) is -0.415. The van der Waals surface area contributed by atoms with E-state index in [9.17, 15) is 19.6 Å². The summed E-state index contributed by atoms with van der Waals surface area (Å²) < 4.78 is 18.6. The predicted octanol–water partition coefficient (Wildman–Crippen LogP) is -3.64. The summed E-state index contributed by atoms with van der Waals surface area (Å²) in [4.78, 5) is 20.2. The summed E-state index contributed by atoms with van der Waals surface area (Å²) in [5, 5.41) is 31.1. The van der Waals surface area contributed by atoms with Gasteiger partial charge in [-0.15, -0.1) is 0 Å². The van der Waals surface area contributed by atoms with Gasteiger partial charge in [0.15, 0.2) is 17.4 Å². The van der Waals surface area contributed by atoms with Crippen molar-refractivity contribution in [3.63, 3.8) is 0 Å². The van der Waals surface area contributed by atoms with Gasteiger partial charge in [-0.2, -0.15) is 9.66 Å². The number of rotatable bonds is 4. The van der Waals surface area contributed by atoms with Crippen molar-refractivity contribution in [1.29, 1.82) is 0 Å². The molecule has 15 heteroatoms. The summed E-state index contributed by atoms with van der Waals surface area (Å²) in [5.41, 5.74) is 14.9. The van der Waals surface area contributed by atoms with Gasteiger partial charge in [-0.25, -0.2) is 10.2 Å². The van der Waals surface area contributed by atoms with Crippen LogP contribution in [0, 0.1) is 0 Å². The zero-order valence-electron chi connectivity index (χ0n) is 12.6. The van der Waals surface area contributed by atoms with E-state index in [1.165, 1.54) is 4.57 Å². The Labute approximate surface area is 139 Å². The summed E-state index contributed by atoms with van der Waals surface area (Å²) in [6.45, 7) is -0.518. The number of hydrogen-bond acceptors (Lipinski definition) is 9. The summed E-state index contributed by atoms with van der Waals surface area (Å²) in [6.07, 6.45) is -3.76. The van der Waals surface area contributed by atoms with Crippen LogP contribution in [0.5, 0.6) is 0 Å². The van der Waals surface area contributed by atoms with E-state index in [1.807, 2.05) is 5.20 Å². The molecule has 2 aromatic rings. The average Bonchev–Trinajstić information content (AvgIpc) is 3.05. The van der Waals surface area contributed by atoms with Crippen LogP contribution in [0.3, 0.4) is 0 Å². The molecule has 1 fully saturated rings. The average molecular weight is 376 g/mol. The van der Waals surface area contributed by atoms with Gasteiger partial charge in [-0.1, -0.05) is 0 Å². The van der Waals surface area contributed by atoms with E-state index >= 15 is 0 Å². The Morgan fingerprint density at radius 1 is 1.36 bits per heavy atom. The Balaban J connectivity index is 2.09. The predicted molar refractivity (Wildman–Crippen MR) is 84.6 cm³/mol. The Hall–Kier alpha value is -2.06. The van der Waals surface area contributed by atoms with Gasteiger partial charge < -0.3 is 25.8 Å². The molecule has 138 valence electrons. The van der Waals surface area contributed by atoms with Crippen LogP contribution >= 0.6 is 7.59 Å². The van der Waals surface area contributed by atoms with Crippen LogP contribution in [-0.4, -0.2) is 59.4 Å². The second kappa shape index (κ2) is 6.03. The first kappa shape index (κ1) is 17.8. The van der Waals surface area contributed by atoms with Gasteiger partial charge in [0.1, 0.15) is 18.3 Å². The molecule has 0 radical (unpaired) electrons. The quantitative estimate of drug-likeness (QED) is 0.256. The SMILES string of the molecule is Nc1nc2c(ncn2[C@@H]2O[C@H](CO)C(O)C2O)c(=O)n1NP(N)(N)=O. The van der Waals surface area contributed by atoms with Gasteiger partial charge in [0.25, 0.3) is 0 Å². The second-order valence-corrected chi connectivity index (χ2v) is 7.09. The summed E-state index contributed by atoms with van der Waals surface area (Å²) in [7, 11) is -3.83. The molecule has 0 aromatic carbocycles. The van der Waals surface area contributed by atoms with E-state index in [-0.39, 0.29) is 11.2 Å². The van der Waals surface area contributed by atoms with Crippen LogP contribution in [0.4, 0.5) is 5.95 Å². The standard InChI is InChI=1S/C10H17N8O6P/c11-10-15-7-4(8(22)18(10)16-25(12,13)23)14-2-17(7)9-6(21)5(20)3(1-19)24-9/h2-3,5-6,9,19-21H,1H2,(H2,11,15)(H5,12,13,16,23)/t3-,5?,6?,9-/m1/s1. The first-order valence-electron chi connectivity index (χ1n) is 6.97. The van der Waals surface area contributed by atoms with E-state index < -0.39 is 50.2 Å². The number of nitrogens with zero attached hydrogens (tertiary/aromatic N) is 4. The third-order valence-electron chi connectivity index (χ3n) is 3.67. The highest BCUT2D eigenvalue weighted by molar-refractivity contribution is 7.60. The van der Waals surface area contributed by atoms with Crippen LogP contribution < -0.4 is 27.5 Å². The zero-order valence-corrected chi connectivity index (χ0v) is 13.5. The van der Waals surface area contributed by atoms with E-state index in [0.29, 0.717) is 4.68 Å². The molecule has 0 amide bonds. The van der Waals surface area contributed by atoms with Crippen LogP contribution in [0.2, 0.25) is 0 Å². The van der Waals surface area contributed by atoms with Gasteiger partial charge in [0.05, 0.1) is 12.9 Å². The molecule has 14 nitrogen and oxygen atoms in total. The fourth-order valence-electron chi connectivity index (χ4n) is 2.53. The highest BCUT2D eigenvalue weighted by Crippen LogP contribution is 2.31.